The largest absolute Gasteiger partial charge is 0.486 e. The van der Waals surface area contributed by atoms with Crippen LogP contribution in [0.4, 0.5) is 0 Å². The van der Waals surface area contributed by atoms with E-state index in [9.17, 15) is 4.79 Å². The van der Waals surface area contributed by atoms with Crippen LogP contribution < -0.4 is 4.74 Å². The molecule has 6 nitrogen and oxygen atoms in total. The van der Waals surface area contributed by atoms with Crippen LogP contribution in [-0.4, -0.2) is 26.0 Å². The summed E-state index contributed by atoms with van der Waals surface area (Å²) in [7, 11) is 0. The van der Waals surface area contributed by atoms with Gasteiger partial charge in [0.25, 0.3) is 0 Å². The Morgan fingerprint density at radius 2 is 1.75 bits per heavy atom. The molecule has 0 aliphatic rings. The summed E-state index contributed by atoms with van der Waals surface area (Å²) in [5.41, 5.74) is 1.30. The molecule has 0 spiro atoms. The summed E-state index contributed by atoms with van der Waals surface area (Å²) in [6.07, 6.45) is 0.953. The van der Waals surface area contributed by atoms with Crippen molar-refractivity contribution in [2.45, 2.75) is 26.5 Å². The molecule has 0 radical (unpaired) electrons. The molecule has 1 heterocycles. The summed E-state index contributed by atoms with van der Waals surface area (Å²) in [5, 5.41) is 11.5. The van der Waals surface area contributed by atoms with Gasteiger partial charge in [0.1, 0.15) is 12.4 Å². The number of aryl methyl sites for hydroxylation is 1. The van der Waals surface area contributed by atoms with E-state index in [-0.39, 0.29) is 5.78 Å². The second-order valence-electron chi connectivity index (χ2n) is 5.33. The molecule has 0 bridgehead atoms. The normalized spacial score (nSPS) is 10.5. The number of hydrogen-bond donors (Lipinski definition) is 0. The van der Waals surface area contributed by atoms with Crippen molar-refractivity contribution in [3.63, 3.8) is 0 Å². The molecule has 0 saturated heterocycles. The fourth-order valence-corrected chi connectivity index (χ4v) is 2.32. The average molecular weight is 322 g/mol. The second kappa shape index (κ2) is 7.50. The summed E-state index contributed by atoms with van der Waals surface area (Å²) >= 11 is 0. The van der Waals surface area contributed by atoms with Crippen molar-refractivity contribution in [2.24, 2.45) is 0 Å². The van der Waals surface area contributed by atoms with Crippen LogP contribution in [0.5, 0.6) is 5.75 Å². The van der Waals surface area contributed by atoms with Gasteiger partial charge in [0.2, 0.25) is 0 Å². The van der Waals surface area contributed by atoms with E-state index >= 15 is 0 Å². The maximum absolute atomic E-state index is 12.3. The summed E-state index contributed by atoms with van der Waals surface area (Å²) in [6.45, 7) is 3.12. The number of benzene rings is 2. The van der Waals surface area contributed by atoms with Crippen LogP contribution in [0.3, 0.4) is 0 Å². The topological polar surface area (TPSA) is 69.9 Å². The Hall–Kier alpha value is -3.02. The summed E-state index contributed by atoms with van der Waals surface area (Å²) in [5.74, 6) is 1.35. The van der Waals surface area contributed by atoms with Gasteiger partial charge < -0.3 is 4.74 Å². The van der Waals surface area contributed by atoms with E-state index in [0.717, 1.165) is 13.0 Å². The molecular formula is C18H18N4O2. The zero-order valence-electron chi connectivity index (χ0n) is 13.4. The molecule has 0 aliphatic carbocycles. The zero-order valence-corrected chi connectivity index (χ0v) is 13.4. The number of ether oxygens (including phenoxy) is 1. The summed E-state index contributed by atoms with van der Waals surface area (Å²) in [4.78, 5) is 12.3. The molecule has 2 aromatic carbocycles. The first-order valence-electron chi connectivity index (χ1n) is 7.85. The van der Waals surface area contributed by atoms with Crippen molar-refractivity contribution >= 4 is 5.78 Å². The third-order valence-electron chi connectivity index (χ3n) is 3.56. The van der Waals surface area contributed by atoms with E-state index in [1.54, 1.807) is 41.1 Å². The van der Waals surface area contributed by atoms with Crippen molar-refractivity contribution in [2.75, 3.05) is 0 Å². The van der Waals surface area contributed by atoms with Crippen molar-refractivity contribution in [3.05, 3.63) is 71.5 Å². The monoisotopic (exact) mass is 322 g/mol. The Bertz CT molecular complexity index is 797. The molecule has 0 saturated carbocycles. The minimum absolute atomic E-state index is 0.00552. The fraction of sp³-hybridized carbons (Fsp3) is 0.222. The highest BCUT2D eigenvalue weighted by Crippen LogP contribution is 2.16. The van der Waals surface area contributed by atoms with Gasteiger partial charge in [0.05, 0.1) is 0 Å². The predicted molar refractivity (Wildman–Crippen MR) is 88.8 cm³/mol. The minimum Gasteiger partial charge on any atom is -0.486 e. The van der Waals surface area contributed by atoms with Crippen LogP contribution in [0.2, 0.25) is 0 Å². The van der Waals surface area contributed by atoms with Crippen molar-refractivity contribution in [1.82, 2.24) is 20.2 Å². The molecule has 24 heavy (non-hydrogen) atoms. The van der Waals surface area contributed by atoms with Crippen LogP contribution in [0.15, 0.2) is 54.6 Å². The van der Waals surface area contributed by atoms with Crippen LogP contribution in [0, 0.1) is 0 Å². The maximum atomic E-state index is 12.3. The minimum atomic E-state index is -0.00552. The molecule has 0 atom stereocenters. The standard InChI is InChI=1S/C18H18N4O2/c1-2-12-22-17(19-20-21-22)13-24-16-10-8-15(9-11-16)18(23)14-6-4-3-5-7-14/h3-11H,2,12-13H2,1H3. The third kappa shape index (κ3) is 3.65. The Kier molecular flexibility index (Phi) is 4.96. The van der Waals surface area contributed by atoms with E-state index in [2.05, 4.69) is 22.4 Å². The van der Waals surface area contributed by atoms with Gasteiger partial charge in [-0.15, -0.1) is 5.10 Å². The zero-order chi connectivity index (χ0) is 16.8. The number of hydrogen-bond acceptors (Lipinski definition) is 5. The van der Waals surface area contributed by atoms with Gasteiger partial charge in [-0.05, 0) is 41.1 Å². The van der Waals surface area contributed by atoms with Crippen molar-refractivity contribution in [3.8, 4) is 5.75 Å². The van der Waals surface area contributed by atoms with Crippen LogP contribution >= 0.6 is 0 Å². The number of aromatic nitrogens is 4. The van der Waals surface area contributed by atoms with Crippen molar-refractivity contribution < 1.29 is 9.53 Å². The SMILES string of the molecule is CCCn1nnnc1COc1ccc(C(=O)c2ccccc2)cc1. The molecule has 3 rings (SSSR count). The van der Waals surface area contributed by atoms with Crippen LogP contribution in [-0.2, 0) is 13.2 Å². The van der Waals surface area contributed by atoms with Gasteiger partial charge in [-0.2, -0.15) is 0 Å². The first kappa shape index (κ1) is 15.9. The molecule has 0 amide bonds. The molecule has 1 aromatic heterocycles. The first-order chi connectivity index (χ1) is 11.8. The lowest BCUT2D eigenvalue weighted by Crippen LogP contribution is -2.08. The Morgan fingerprint density at radius 1 is 1.04 bits per heavy atom. The van der Waals surface area contributed by atoms with Gasteiger partial charge in [-0.1, -0.05) is 37.3 Å². The number of nitrogens with zero attached hydrogens (tertiary/aromatic N) is 4. The quantitative estimate of drug-likeness (QED) is 0.626. The van der Waals surface area contributed by atoms with Gasteiger partial charge in [0.15, 0.2) is 11.6 Å². The Labute approximate surface area is 140 Å². The van der Waals surface area contributed by atoms with Crippen LogP contribution in [0.25, 0.3) is 0 Å². The number of tetrazole rings is 1. The lowest BCUT2D eigenvalue weighted by atomic mass is 10.0. The van der Waals surface area contributed by atoms with Gasteiger partial charge in [0, 0.05) is 17.7 Å². The smallest absolute Gasteiger partial charge is 0.193 e. The van der Waals surface area contributed by atoms with Gasteiger partial charge in [-0.25, -0.2) is 4.68 Å². The van der Waals surface area contributed by atoms with E-state index in [4.69, 9.17) is 4.74 Å². The Balaban J connectivity index is 1.64. The highest BCUT2D eigenvalue weighted by molar-refractivity contribution is 6.08. The fourth-order valence-electron chi connectivity index (χ4n) is 2.32. The third-order valence-corrected chi connectivity index (χ3v) is 3.56. The lowest BCUT2D eigenvalue weighted by Gasteiger charge is -2.07. The number of ketones is 1. The summed E-state index contributed by atoms with van der Waals surface area (Å²) < 4.78 is 7.43. The van der Waals surface area contributed by atoms with E-state index in [1.807, 2.05) is 18.2 Å². The lowest BCUT2D eigenvalue weighted by molar-refractivity contribution is 0.103. The molecule has 0 unspecified atom stereocenters. The predicted octanol–water partition coefficient (Wildman–Crippen LogP) is 2.89. The van der Waals surface area contributed by atoms with E-state index in [1.165, 1.54) is 0 Å². The molecular weight excluding hydrogens is 304 g/mol. The molecule has 3 aromatic rings. The van der Waals surface area contributed by atoms with E-state index in [0.29, 0.717) is 29.3 Å². The maximum Gasteiger partial charge on any atom is 0.193 e. The number of carbonyl (C=O) groups is 1. The van der Waals surface area contributed by atoms with Crippen LogP contribution in [0.1, 0.15) is 35.1 Å². The van der Waals surface area contributed by atoms with Gasteiger partial charge >= 0.3 is 0 Å². The highest BCUT2D eigenvalue weighted by atomic mass is 16.5. The molecule has 122 valence electrons. The average Bonchev–Trinajstić information content (AvgIpc) is 3.08. The van der Waals surface area contributed by atoms with Gasteiger partial charge in [-0.3, -0.25) is 4.79 Å². The van der Waals surface area contributed by atoms with Crippen molar-refractivity contribution in [1.29, 1.82) is 0 Å². The molecule has 0 aliphatic heterocycles. The molecule has 0 fully saturated rings. The number of carbonyl (C=O) groups excluding carboxylic acids is 1. The Morgan fingerprint density at radius 3 is 2.46 bits per heavy atom. The molecule has 0 N–H and O–H groups in total. The highest BCUT2D eigenvalue weighted by Gasteiger charge is 2.09. The number of rotatable bonds is 7. The second-order valence-corrected chi connectivity index (χ2v) is 5.33. The molecule has 6 heteroatoms. The van der Waals surface area contributed by atoms with E-state index < -0.39 is 0 Å². The first-order valence-corrected chi connectivity index (χ1v) is 7.85. The summed E-state index contributed by atoms with van der Waals surface area (Å²) in [6, 6.07) is 16.3.